The van der Waals surface area contributed by atoms with Crippen LogP contribution in [0.3, 0.4) is 0 Å². The van der Waals surface area contributed by atoms with Gasteiger partial charge in [-0.05, 0) is 60.7 Å². The van der Waals surface area contributed by atoms with Gasteiger partial charge in [-0.1, -0.05) is 6.07 Å². The molecule has 0 spiro atoms. The number of imide groups is 1. The Hall–Kier alpha value is -3.52. The molecular weight excluding hydrogens is 587 g/mol. The van der Waals surface area contributed by atoms with Crippen LogP contribution < -0.4 is 20.7 Å². The van der Waals surface area contributed by atoms with Crippen molar-refractivity contribution in [2.45, 2.75) is 20.0 Å². The molecule has 3 aromatic heterocycles. The molecule has 0 fully saturated rings. The number of aryl methyl sites for hydroxylation is 1. The number of hydrogen-bond donors (Lipinski definition) is 3. The lowest BCUT2D eigenvalue weighted by Crippen LogP contribution is -2.31. The minimum Gasteiger partial charge on any atom is -0.492 e. The number of fused-ring (bicyclic) bond motifs is 1. The van der Waals surface area contributed by atoms with Gasteiger partial charge in [-0.15, -0.1) is 35.1 Å². The Balaban J connectivity index is 0.00000370. The molecular formula is C26H23ClF3N5O3S2. The number of alkyl halides is 3. The number of halogens is 4. The van der Waals surface area contributed by atoms with Crippen LogP contribution in [0.25, 0.3) is 31.4 Å². The highest BCUT2D eigenvalue weighted by Crippen LogP contribution is 2.42. The second-order valence-corrected chi connectivity index (χ2v) is 10.6. The lowest BCUT2D eigenvalue weighted by atomic mass is 10.1. The predicted molar refractivity (Wildman–Crippen MR) is 152 cm³/mol. The Morgan fingerprint density at radius 1 is 1.05 bits per heavy atom. The Labute approximate surface area is 241 Å². The average Bonchev–Trinajstić information content (AvgIpc) is 3.60. The van der Waals surface area contributed by atoms with E-state index in [0.29, 0.717) is 22.2 Å². The zero-order chi connectivity index (χ0) is 27.7. The van der Waals surface area contributed by atoms with Crippen molar-refractivity contribution in [1.82, 2.24) is 20.6 Å². The number of thiophene rings is 2. The second-order valence-electron chi connectivity index (χ2n) is 8.68. The summed E-state index contributed by atoms with van der Waals surface area (Å²) in [6.45, 7) is 2.61. The minimum absolute atomic E-state index is 0. The van der Waals surface area contributed by atoms with Crippen LogP contribution in [-0.2, 0) is 9.59 Å². The summed E-state index contributed by atoms with van der Waals surface area (Å²) in [5, 5.41) is 10.3. The second kappa shape index (κ2) is 11.9. The number of ether oxygens (including phenoxy) is 1. The van der Waals surface area contributed by atoms with Crippen LogP contribution >= 0.6 is 35.1 Å². The SMILES string of the molecule is CC1=C(Nc2nc(-c3cccs3)nc3sc(-c4ccc(OCCNCC(F)(F)F)cc4)c(C)c23)C(=O)NC1=O.Cl. The maximum Gasteiger partial charge on any atom is 0.401 e. The van der Waals surface area contributed by atoms with Gasteiger partial charge in [-0.2, -0.15) is 13.2 Å². The number of benzene rings is 1. The fourth-order valence-corrected chi connectivity index (χ4v) is 5.85. The lowest BCUT2D eigenvalue weighted by molar-refractivity contribution is -0.125. The van der Waals surface area contributed by atoms with Crippen LogP contribution in [0.15, 0.2) is 53.0 Å². The van der Waals surface area contributed by atoms with E-state index < -0.39 is 24.5 Å². The molecule has 0 atom stereocenters. The van der Waals surface area contributed by atoms with Crippen LogP contribution in [0, 0.1) is 6.92 Å². The molecule has 1 aromatic carbocycles. The Kier molecular flexibility index (Phi) is 8.78. The van der Waals surface area contributed by atoms with Gasteiger partial charge in [0.05, 0.1) is 16.8 Å². The highest BCUT2D eigenvalue weighted by atomic mass is 35.5. The van der Waals surface area contributed by atoms with Gasteiger partial charge >= 0.3 is 6.18 Å². The Bertz CT molecular complexity index is 1590. The number of rotatable bonds is 9. The first kappa shape index (κ1) is 29.5. The molecule has 8 nitrogen and oxygen atoms in total. The molecule has 0 saturated carbocycles. The van der Waals surface area contributed by atoms with Crippen molar-refractivity contribution >= 4 is 62.9 Å². The molecule has 0 aliphatic carbocycles. The third kappa shape index (κ3) is 6.28. The van der Waals surface area contributed by atoms with Crippen molar-refractivity contribution in [3.63, 3.8) is 0 Å². The summed E-state index contributed by atoms with van der Waals surface area (Å²) in [5.74, 6) is 0.493. The quantitative estimate of drug-likeness (QED) is 0.165. The van der Waals surface area contributed by atoms with Crippen molar-refractivity contribution in [3.05, 3.63) is 58.6 Å². The zero-order valence-electron chi connectivity index (χ0n) is 21.1. The van der Waals surface area contributed by atoms with Crippen LogP contribution in [-0.4, -0.2) is 47.7 Å². The highest BCUT2D eigenvalue weighted by Gasteiger charge is 2.29. The van der Waals surface area contributed by atoms with E-state index in [9.17, 15) is 22.8 Å². The topological polar surface area (TPSA) is 105 Å². The number of nitrogens with zero attached hydrogens (tertiary/aromatic N) is 2. The molecule has 1 aliphatic rings. The van der Waals surface area contributed by atoms with Crippen molar-refractivity contribution in [1.29, 1.82) is 0 Å². The molecule has 0 radical (unpaired) electrons. The number of nitrogens with one attached hydrogen (secondary N) is 3. The van der Waals surface area contributed by atoms with Gasteiger partial charge in [0.2, 0.25) is 0 Å². The van der Waals surface area contributed by atoms with Crippen molar-refractivity contribution in [2.75, 3.05) is 25.0 Å². The molecule has 4 aromatic rings. The first-order valence-electron chi connectivity index (χ1n) is 11.8. The standard InChI is InChI=1S/C26H22F3N5O3S2.ClH/c1-13-18-22(31-19-14(2)23(35)34-24(19)36)32-21(17-4-3-11-38-17)33-25(18)39-20(13)15-5-7-16(8-6-15)37-10-9-30-12-26(27,28)29;/h3-8,11,30H,9-10,12H2,1-2H3,(H2,31,32,33,34,35,36);1H. The number of carbonyl (C=O) groups excluding carboxylic acids is 2. The van der Waals surface area contributed by atoms with E-state index >= 15 is 0 Å². The van der Waals surface area contributed by atoms with E-state index in [1.807, 2.05) is 36.6 Å². The molecule has 0 unspecified atom stereocenters. The molecule has 0 saturated heterocycles. The number of aromatic nitrogens is 2. The maximum atomic E-state index is 12.4. The van der Waals surface area contributed by atoms with Gasteiger partial charge in [0.1, 0.15) is 28.7 Å². The molecule has 210 valence electrons. The minimum atomic E-state index is -4.26. The van der Waals surface area contributed by atoms with Gasteiger partial charge in [-0.25, -0.2) is 9.97 Å². The summed E-state index contributed by atoms with van der Waals surface area (Å²) in [5.41, 5.74) is 2.21. The molecule has 3 N–H and O–H groups in total. The van der Waals surface area contributed by atoms with E-state index in [0.717, 1.165) is 26.3 Å². The monoisotopic (exact) mass is 609 g/mol. The van der Waals surface area contributed by atoms with E-state index in [1.165, 1.54) is 22.7 Å². The molecule has 14 heteroatoms. The van der Waals surface area contributed by atoms with E-state index in [1.54, 1.807) is 19.1 Å². The molecule has 40 heavy (non-hydrogen) atoms. The van der Waals surface area contributed by atoms with Crippen molar-refractivity contribution in [3.8, 4) is 26.9 Å². The third-order valence-corrected chi connectivity index (χ3v) is 8.03. The summed E-state index contributed by atoms with van der Waals surface area (Å²) in [7, 11) is 0. The Morgan fingerprint density at radius 3 is 2.42 bits per heavy atom. The van der Waals surface area contributed by atoms with Gasteiger partial charge in [0, 0.05) is 17.0 Å². The average molecular weight is 610 g/mol. The van der Waals surface area contributed by atoms with Gasteiger partial charge in [0.15, 0.2) is 5.82 Å². The molecule has 5 rings (SSSR count). The van der Waals surface area contributed by atoms with Crippen LogP contribution in [0.5, 0.6) is 5.75 Å². The lowest BCUT2D eigenvalue weighted by Gasteiger charge is -2.10. The van der Waals surface area contributed by atoms with Crippen LogP contribution in [0.2, 0.25) is 0 Å². The van der Waals surface area contributed by atoms with Gasteiger partial charge in [0.25, 0.3) is 11.8 Å². The van der Waals surface area contributed by atoms with E-state index in [-0.39, 0.29) is 36.8 Å². The van der Waals surface area contributed by atoms with Crippen LogP contribution in [0.1, 0.15) is 12.5 Å². The van der Waals surface area contributed by atoms with E-state index in [4.69, 9.17) is 14.7 Å². The zero-order valence-corrected chi connectivity index (χ0v) is 23.6. The summed E-state index contributed by atoms with van der Waals surface area (Å²) in [6, 6.07) is 11.1. The van der Waals surface area contributed by atoms with Crippen molar-refractivity contribution < 1.29 is 27.5 Å². The number of carbonyl (C=O) groups is 2. The summed E-state index contributed by atoms with van der Waals surface area (Å²) in [6.07, 6.45) is -4.26. The Morgan fingerprint density at radius 2 is 1.80 bits per heavy atom. The summed E-state index contributed by atoms with van der Waals surface area (Å²) in [4.78, 5) is 36.4. The third-order valence-electron chi connectivity index (χ3n) is 5.93. The first-order valence-corrected chi connectivity index (χ1v) is 13.5. The molecule has 1 aliphatic heterocycles. The van der Waals surface area contributed by atoms with Gasteiger partial charge < -0.3 is 15.4 Å². The summed E-state index contributed by atoms with van der Waals surface area (Å²) >= 11 is 2.96. The number of anilines is 1. The molecule has 2 amide bonds. The fraction of sp³-hybridized carbons (Fsp3) is 0.231. The normalized spacial score (nSPS) is 13.5. The molecule has 4 heterocycles. The maximum absolute atomic E-state index is 12.4. The molecule has 0 bridgehead atoms. The smallest absolute Gasteiger partial charge is 0.401 e. The van der Waals surface area contributed by atoms with Gasteiger partial charge in [-0.3, -0.25) is 14.9 Å². The largest absolute Gasteiger partial charge is 0.492 e. The number of hydrogen-bond acceptors (Lipinski definition) is 9. The first-order chi connectivity index (χ1) is 18.6. The number of amides is 2. The van der Waals surface area contributed by atoms with Crippen LogP contribution in [0.4, 0.5) is 19.0 Å². The van der Waals surface area contributed by atoms with Crippen molar-refractivity contribution in [2.24, 2.45) is 0 Å². The van der Waals surface area contributed by atoms with E-state index in [2.05, 4.69) is 16.0 Å². The summed E-state index contributed by atoms with van der Waals surface area (Å²) < 4.78 is 42.3. The fourth-order valence-electron chi connectivity index (χ4n) is 4.01. The highest BCUT2D eigenvalue weighted by molar-refractivity contribution is 7.22. The predicted octanol–water partition coefficient (Wildman–Crippen LogP) is 5.69.